The van der Waals surface area contributed by atoms with Gasteiger partial charge in [-0.2, -0.15) is 5.10 Å². The molecule has 1 aliphatic rings. The number of hydrogen-bond acceptors (Lipinski definition) is 3. The standard InChI is InChI=1S/C15H18N4O/c1-9-7-8-11-5-3-4-6-12(11)19(9)15(20)14-13(16)10(2)17-18-14/h3-6,9H,7-8,16H2,1-2H3,(H,17,18). The number of anilines is 2. The van der Waals surface area contributed by atoms with Gasteiger partial charge in [0.05, 0.1) is 11.4 Å². The number of amides is 1. The van der Waals surface area contributed by atoms with E-state index in [4.69, 9.17) is 5.73 Å². The molecule has 1 amide bonds. The van der Waals surface area contributed by atoms with Crippen LogP contribution < -0.4 is 10.6 Å². The lowest BCUT2D eigenvalue weighted by atomic mass is 9.96. The van der Waals surface area contributed by atoms with Crippen LogP contribution in [0.1, 0.15) is 35.1 Å². The Morgan fingerprint density at radius 1 is 1.45 bits per heavy atom. The average molecular weight is 270 g/mol. The number of para-hydroxylation sites is 1. The Balaban J connectivity index is 2.05. The quantitative estimate of drug-likeness (QED) is 0.834. The van der Waals surface area contributed by atoms with Gasteiger partial charge in [0, 0.05) is 11.7 Å². The van der Waals surface area contributed by atoms with E-state index in [2.05, 4.69) is 23.2 Å². The van der Waals surface area contributed by atoms with Gasteiger partial charge in [-0.3, -0.25) is 9.89 Å². The highest BCUT2D eigenvalue weighted by molar-refractivity contribution is 6.09. The van der Waals surface area contributed by atoms with Crippen molar-refractivity contribution in [3.8, 4) is 0 Å². The first-order valence-corrected chi connectivity index (χ1v) is 6.81. The number of nitrogens with one attached hydrogen (secondary N) is 1. The highest BCUT2D eigenvalue weighted by Crippen LogP contribution is 2.32. The molecule has 20 heavy (non-hydrogen) atoms. The van der Waals surface area contributed by atoms with Gasteiger partial charge in [0.15, 0.2) is 5.69 Å². The highest BCUT2D eigenvalue weighted by atomic mass is 16.2. The Labute approximate surface area is 117 Å². The molecule has 0 fully saturated rings. The maximum absolute atomic E-state index is 12.8. The van der Waals surface area contributed by atoms with E-state index in [1.807, 2.05) is 30.0 Å². The van der Waals surface area contributed by atoms with Crippen LogP contribution in [0.2, 0.25) is 0 Å². The molecule has 1 aromatic heterocycles. The van der Waals surface area contributed by atoms with E-state index in [1.54, 1.807) is 0 Å². The van der Waals surface area contributed by atoms with Crippen LogP contribution in [0.15, 0.2) is 24.3 Å². The fraction of sp³-hybridized carbons (Fsp3) is 0.333. The summed E-state index contributed by atoms with van der Waals surface area (Å²) in [6, 6.07) is 8.16. The Morgan fingerprint density at radius 3 is 2.90 bits per heavy atom. The van der Waals surface area contributed by atoms with Gasteiger partial charge in [-0.1, -0.05) is 18.2 Å². The number of hydrogen-bond donors (Lipinski definition) is 2. The number of aromatic amines is 1. The average Bonchev–Trinajstić information content (AvgIpc) is 2.78. The second-order valence-corrected chi connectivity index (χ2v) is 5.30. The lowest BCUT2D eigenvalue weighted by Gasteiger charge is -2.34. The van der Waals surface area contributed by atoms with Crippen molar-refractivity contribution in [2.75, 3.05) is 10.6 Å². The number of nitrogens with zero attached hydrogens (tertiary/aromatic N) is 2. The summed E-state index contributed by atoms with van der Waals surface area (Å²) in [5, 5.41) is 6.83. The van der Waals surface area contributed by atoms with Crippen LogP contribution in [-0.4, -0.2) is 22.1 Å². The predicted octanol–water partition coefficient (Wildman–Crippen LogP) is 2.28. The van der Waals surface area contributed by atoms with E-state index in [9.17, 15) is 4.79 Å². The molecule has 5 heteroatoms. The molecule has 2 aromatic rings. The van der Waals surface area contributed by atoms with Crippen molar-refractivity contribution in [1.82, 2.24) is 10.2 Å². The molecule has 1 unspecified atom stereocenters. The summed E-state index contributed by atoms with van der Waals surface area (Å²) in [5.41, 5.74) is 9.58. The van der Waals surface area contributed by atoms with Crippen LogP contribution in [-0.2, 0) is 6.42 Å². The Hall–Kier alpha value is -2.30. The third kappa shape index (κ3) is 1.86. The van der Waals surface area contributed by atoms with Crippen LogP contribution >= 0.6 is 0 Å². The van der Waals surface area contributed by atoms with Gasteiger partial charge in [-0.15, -0.1) is 0 Å². The maximum Gasteiger partial charge on any atom is 0.281 e. The van der Waals surface area contributed by atoms with E-state index in [0.717, 1.165) is 24.2 Å². The molecule has 0 bridgehead atoms. The van der Waals surface area contributed by atoms with Crippen molar-refractivity contribution in [2.24, 2.45) is 0 Å². The molecule has 104 valence electrons. The summed E-state index contributed by atoms with van der Waals surface area (Å²) >= 11 is 0. The summed E-state index contributed by atoms with van der Waals surface area (Å²) in [6.07, 6.45) is 1.95. The molecule has 1 aromatic carbocycles. The van der Waals surface area contributed by atoms with Crippen molar-refractivity contribution in [1.29, 1.82) is 0 Å². The monoisotopic (exact) mass is 270 g/mol. The molecule has 0 spiro atoms. The zero-order chi connectivity index (χ0) is 14.3. The van der Waals surface area contributed by atoms with E-state index in [0.29, 0.717) is 11.4 Å². The minimum absolute atomic E-state index is 0.133. The number of benzene rings is 1. The number of H-pyrrole nitrogens is 1. The molecule has 0 aliphatic carbocycles. The lowest BCUT2D eigenvalue weighted by Crippen LogP contribution is -2.42. The number of aryl methyl sites for hydroxylation is 2. The largest absolute Gasteiger partial charge is 0.395 e. The molecule has 2 heterocycles. The summed E-state index contributed by atoms with van der Waals surface area (Å²) in [4.78, 5) is 14.6. The van der Waals surface area contributed by atoms with Gasteiger partial charge in [0.1, 0.15) is 0 Å². The van der Waals surface area contributed by atoms with Gasteiger partial charge in [-0.05, 0) is 38.3 Å². The number of carbonyl (C=O) groups is 1. The fourth-order valence-corrected chi connectivity index (χ4v) is 2.71. The van der Waals surface area contributed by atoms with Crippen molar-refractivity contribution in [2.45, 2.75) is 32.7 Å². The minimum atomic E-state index is -0.133. The minimum Gasteiger partial charge on any atom is -0.395 e. The number of nitrogen functional groups attached to an aromatic ring is 1. The molecule has 1 aliphatic heterocycles. The first-order chi connectivity index (χ1) is 9.59. The molecular weight excluding hydrogens is 252 g/mol. The second kappa shape index (κ2) is 4.67. The summed E-state index contributed by atoms with van der Waals surface area (Å²) in [6.45, 7) is 3.87. The molecule has 0 radical (unpaired) electrons. The first-order valence-electron chi connectivity index (χ1n) is 6.81. The molecule has 0 saturated carbocycles. The first kappa shape index (κ1) is 12.7. The number of fused-ring (bicyclic) bond motifs is 1. The van der Waals surface area contributed by atoms with Gasteiger partial charge < -0.3 is 10.6 Å². The van der Waals surface area contributed by atoms with Crippen molar-refractivity contribution in [3.63, 3.8) is 0 Å². The summed E-state index contributed by atoms with van der Waals surface area (Å²) < 4.78 is 0. The normalized spacial score (nSPS) is 17.9. The van der Waals surface area contributed by atoms with Crippen molar-refractivity contribution >= 4 is 17.3 Å². The topological polar surface area (TPSA) is 75.0 Å². The maximum atomic E-state index is 12.8. The molecule has 5 nitrogen and oxygen atoms in total. The number of rotatable bonds is 1. The van der Waals surface area contributed by atoms with Crippen LogP contribution in [0.4, 0.5) is 11.4 Å². The van der Waals surface area contributed by atoms with E-state index in [1.165, 1.54) is 5.56 Å². The highest BCUT2D eigenvalue weighted by Gasteiger charge is 2.31. The van der Waals surface area contributed by atoms with Gasteiger partial charge in [-0.25, -0.2) is 0 Å². The predicted molar refractivity (Wildman–Crippen MR) is 78.8 cm³/mol. The van der Waals surface area contributed by atoms with Crippen LogP contribution in [0.5, 0.6) is 0 Å². The van der Waals surface area contributed by atoms with Crippen LogP contribution in [0.25, 0.3) is 0 Å². The molecule has 3 N–H and O–H groups in total. The smallest absolute Gasteiger partial charge is 0.281 e. The molecular formula is C15H18N4O. The number of aromatic nitrogens is 2. The molecule has 3 rings (SSSR count). The zero-order valence-corrected chi connectivity index (χ0v) is 11.7. The van der Waals surface area contributed by atoms with Crippen molar-refractivity contribution in [3.05, 3.63) is 41.2 Å². The van der Waals surface area contributed by atoms with Gasteiger partial charge in [0.2, 0.25) is 0 Å². The lowest BCUT2D eigenvalue weighted by molar-refractivity contribution is 0.0971. The Bertz CT molecular complexity index is 662. The Morgan fingerprint density at radius 2 is 2.20 bits per heavy atom. The van der Waals surface area contributed by atoms with E-state index < -0.39 is 0 Å². The number of carbonyl (C=O) groups excluding carboxylic acids is 1. The fourth-order valence-electron chi connectivity index (χ4n) is 2.71. The third-order valence-corrected chi connectivity index (χ3v) is 3.94. The molecule has 0 saturated heterocycles. The SMILES string of the molecule is Cc1[nH]nc(C(=O)N2c3ccccc3CCC2C)c1N. The van der Waals surface area contributed by atoms with E-state index in [-0.39, 0.29) is 11.9 Å². The summed E-state index contributed by atoms with van der Waals surface area (Å²) in [7, 11) is 0. The zero-order valence-electron chi connectivity index (χ0n) is 11.7. The summed E-state index contributed by atoms with van der Waals surface area (Å²) in [5.74, 6) is -0.133. The number of nitrogens with two attached hydrogens (primary N) is 1. The van der Waals surface area contributed by atoms with Gasteiger partial charge >= 0.3 is 0 Å². The van der Waals surface area contributed by atoms with E-state index >= 15 is 0 Å². The Kier molecular flexibility index (Phi) is 2.97. The van der Waals surface area contributed by atoms with Crippen LogP contribution in [0.3, 0.4) is 0 Å². The van der Waals surface area contributed by atoms with Crippen molar-refractivity contribution < 1.29 is 4.79 Å². The van der Waals surface area contributed by atoms with Crippen LogP contribution in [0, 0.1) is 6.92 Å². The second-order valence-electron chi connectivity index (χ2n) is 5.30. The third-order valence-electron chi connectivity index (χ3n) is 3.94. The molecule has 1 atom stereocenters. The van der Waals surface area contributed by atoms with Gasteiger partial charge in [0.25, 0.3) is 5.91 Å².